The molecule has 0 fully saturated rings. The van der Waals surface area contributed by atoms with Gasteiger partial charge in [-0.25, -0.2) is 9.97 Å². The second-order valence-corrected chi connectivity index (χ2v) is 5.66. The summed E-state index contributed by atoms with van der Waals surface area (Å²) in [5, 5.41) is 5.00. The topological polar surface area (TPSA) is 56.3 Å². The number of nitrogens with zero attached hydrogens (tertiary/aromatic N) is 2. The summed E-state index contributed by atoms with van der Waals surface area (Å²) in [6, 6.07) is 11.6. The van der Waals surface area contributed by atoms with Gasteiger partial charge < -0.3 is 14.8 Å². The van der Waals surface area contributed by atoms with E-state index in [0.29, 0.717) is 11.5 Å². The largest absolute Gasteiger partial charge is 0.493 e. The Morgan fingerprint density at radius 1 is 1.00 bits per heavy atom. The molecule has 0 aliphatic carbocycles. The van der Waals surface area contributed by atoms with Gasteiger partial charge in [0.1, 0.15) is 17.7 Å². The fourth-order valence-corrected chi connectivity index (χ4v) is 2.69. The molecule has 0 aliphatic rings. The third-order valence-electron chi connectivity index (χ3n) is 3.77. The summed E-state index contributed by atoms with van der Waals surface area (Å²) in [7, 11) is 3.21. The first-order valence-corrected chi connectivity index (χ1v) is 7.94. The molecule has 0 spiro atoms. The summed E-state index contributed by atoms with van der Waals surface area (Å²) in [5.41, 5.74) is 1.94. The third kappa shape index (κ3) is 3.36. The molecule has 0 atom stereocenters. The predicted octanol–water partition coefficient (Wildman–Crippen LogP) is 3.96. The first-order valence-electron chi connectivity index (χ1n) is 7.57. The van der Waals surface area contributed by atoms with Crippen molar-refractivity contribution in [2.75, 3.05) is 26.1 Å². The fourth-order valence-electron chi connectivity index (χ4n) is 2.56. The summed E-state index contributed by atoms with van der Waals surface area (Å²) in [4.78, 5) is 8.67. The van der Waals surface area contributed by atoms with Crippen LogP contribution < -0.4 is 14.8 Å². The Bertz CT molecular complexity index is 838. The number of benzene rings is 2. The summed E-state index contributed by atoms with van der Waals surface area (Å²) in [6.45, 7) is 0.752. The van der Waals surface area contributed by atoms with Gasteiger partial charge in [-0.05, 0) is 36.2 Å². The lowest BCUT2D eigenvalue weighted by Gasteiger charge is -2.12. The quantitative estimate of drug-likeness (QED) is 0.734. The van der Waals surface area contributed by atoms with Crippen LogP contribution in [-0.4, -0.2) is 30.7 Å². The van der Waals surface area contributed by atoms with Gasteiger partial charge in [-0.15, -0.1) is 0 Å². The molecule has 6 heteroatoms. The van der Waals surface area contributed by atoms with E-state index in [0.717, 1.165) is 34.7 Å². The van der Waals surface area contributed by atoms with Crippen LogP contribution in [0.2, 0.25) is 5.02 Å². The molecule has 0 aliphatic heterocycles. The molecule has 3 aromatic rings. The zero-order valence-electron chi connectivity index (χ0n) is 13.5. The van der Waals surface area contributed by atoms with Crippen LogP contribution in [0.5, 0.6) is 11.5 Å². The smallest absolute Gasteiger partial charge is 0.187 e. The lowest BCUT2D eigenvalue weighted by Crippen LogP contribution is -2.07. The monoisotopic (exact) mass is 343 g/mol. The van der Waals surface area contributed by atoms with Crippen LogP contribution in [0.15, 0.2) is 42.7 Å². The van der Waals surface area contributed by atoms with Crippen LogP contribution >= 0.6 is 11.6 Å². The van der Waals surface area contributed by atoms with Crippen molar-refractivity contribution in [3.63, 3.8) is 0 Å². The van der Waals surface area contributed by atoms with E-state index in [1.54, 1.807) is 14.2 Å². The van der Waals surface area contributed by atoms with Crippen LogP contribution in [0.25, 0.3) is 10.9 Å². The summed E-state index contributed by atoms with van der Waals surface area (Å²) in [6.07, 6.45) is 2.39. The number of hydrogen-bond acceptors (Lipinski definition) is 5. The molecule has 1 heterocycles. The van der Waals surface area contributed by atoms with Crippen molar-refractivity contribution >= 4 is 28.3 Å². The number of halogens is 1. The van der Waals surface area contributed by atoms with Crippen LogP contribution in [0, 0.1) is 0 Å². The molecule has 0 amide bonds. The molecule has 0 unspecified atom stereocenters. The minimum Gasteiger partial charge on any atom is -0.493 e. The number of rotatable bonds is 6. The Morgan fingerprint density at radius 3 is 2.50 bits per heavy atom. The second kappa shape index (κ2) is 7.36. The SMILES string of the molecule is COc1ccc2c(NCCc3ccc(Cl)cc3)ncnc2c1OC. The van der Waals surface area contributed by atoms with Gasteiger partial charge in [-0.1, -0.05) is 23.7 Å². The molecular weight excluding hydrogens is 326 g/mol. The number of anilines is 1. The second-order valence-electron chi connectivity index (χ2n) is 5.22. The number of methoxy groups -OCH3 is 2. The number of fused-ring (bicyclic) bond motifs is 1. The van der Waals surface area contributed by atoms with E-state index >= 15 is 0 Å². The Labute approximate surface area is 145 Å². The van der Waals surface area contributed by atoms with Crippen LogP contribution in [0.3, 0.4) is 0 Å². The first kappa shape index (κ1) is 16.3. The highest BCUT2D eigenvalue weighted by molar-refractivity contribution is 6.30. The molecule has 124 valence electrons. The maximum Gasteiger partial charge on any atom is 0.187 e. The molecule has 3 rings (SSSR count). The van der Waals surface area contributed by atoms with Crippen molar-refractivity contribution in [3.05, 3.63) is 53.3 Å². The van der Waals surface area contributed by atoms with Gasteiger partial charge in [-0.3, -0.25) is 0 Å². The van der Waals surface area contributed by atoms with Crippen LogP contribution in [-0.2, 0) is 6.42 Å². The fraction of sp³-hybridized carbons (Fsp3) is 0.222. The van der Waals surface area contributed by atoms with E-state index in [9.17, 15) is 0 Å². The molecule has 0 saturated carbocycles. The van der Waals surface area contributed by atoms with E-state index in [4.69, 9.17) is 21.1 Å². The van der Waals surface area contributed by atoms with Crippen molar-refractivity contribution < 1.29 is 9.47 Å². The molecule has 5 nitrogen and oxygen atoms in total. The van der Waals surface area contributed by atoms with E-state index < -0.39 is 0 Å². The van der Waals surface area contributed by atoms with E-state index in [-0.39, 0.29) is 0 Å². The minimum absolute atomic E-state index is 0.609. The number of nitrogens with one attached hydrogen (secondary N) is 1. The molecule has 0 radical (unpaired) electrons. The summed E-state index contributed by atoms with van der Waals surface area (Å²) in [5.74, 6) is 2.03. The van der Waals surface area contributed by atoms with Crippen LogP contribution in [0.1, 0.15) is 5.56 Å². The molecule has 0 bridgehead atoms. The number of hydrogen-bond donors (Lipinski definition) is 1. The number of ether oxygens (including phenoxy) is 2. The summed E-state index contributed by atoms with van der Waals surface area (Å²) < 4.78 is 10.8. The molecule has 0 saturated heterocycles. The maximum atomic E-state index is 5.91. The Balaban J connectivity index is 1.80. The van der Waals surface area contributed by atoms with Crippen LogP contribution in [0.4, 0.5) is 5.82 Å². The van der Waals surface area contributed by atoms with Gasteiger partial charge in [0.2, 0.25) is 0 Å². The van der Waals surface area contributed by atoms with E-state index in [1.807, 2.05) is 36.4 Å². The molecular formula is C18H18ClN3O2. The lowest BCUT2D eigenvalue weighted by atomic mass is 10.1. The van der Waals surface area contributed by atoms with Gasteiger partial charge in [-0.2, -0.15) is 0 Å². The zero-order valence-corrected chi connectivity index (χ0v) is 14.3. The maximum absolute atomic E-state index is 5.91. The zero-order chi connectivity index (χ0) is 16.9. The van der Waals surface area contributed by atoms with E-state index in [1.165, 1.54) is 11.9 Å². The van der Waals surface area contributed by atoms with Crippen molar-refractivity contribution in [1.29, 1.82) is 0 Å². The standard InChI is InChI=1S/C18H18ClN3O2/c1-23-15-8-7-14-16(17(15)24-2)21-11-22-18(14)20-10-9-12-3-5-13(19)6-4-12/h3-8,11H,9-10H2,1-2H3,(H,20,21,22). The molecule has 2 aromatic carbocycles. The van der Waals surface area contributed by atoms with Crippen molar-refractivity contribution in [2.24, 2.45) is 0 Å². The average molecular weight is 344 g/mol. The molecule has 1 aromatic heterocycles. The van der Waals surface area contributed by atoms with Crippen molar-refractivity contribution in [2.45, 2.75) is 6.42 Å². The Morgan fingerprint density at radius 2 is 1.79 bits per heavy atom. The third-order valence-corrected chi connectivity index (χ3v) is 4.02. The average Bonchev–Trinajstić information content (AvgIpc) is 2.62. The molecule has 1 N–H and O–H groups in total. The van der Waals surface area contributed by atoms with Crippen molar-refractivity contribution in [3.8, 4) is 11.5 Å². The minimum atomic E-state index is 0.609. The summed E-state index contributed by atoms with van der Waals surface area (Å²) >= 11 is 5.91. The normalized spacial score (nSPS) is 10.6. The first-order chi connectivity index (χ1) is 11.7. The van der Waals surface area contributed by atoms with Gasteiger partial charge in [0, 0.05) is 17.0 Å². The van der Waals surface area contributed by atoms with E-state index in [2.05, 4.69) is 15.3 Å². The lowest BCUT2D eigenvalue weighted by molar-refractivity contribution is 0.358. The Kier molecular flexibility index (Phi) is 5.01. The van der Waals surface area contributed by atoms with Gasteiger partial charge in [0.25, 0.3) is 0 Å². The van der Waals surface area contributed by atoms with Gasteiger partial charge in [0.15, 0.2) is 11.5 Å². The molecule has 24 heavy (non-hydrogen) atoms. The highest BCUT2D eigenvalue weighted by Gasteiger charge is 2.13. The number of aromatic nitrogens is 2. The Hall–Kier alpha value is -2.53. The highest BCUT2D eigenvalue weighted by atomic mass is 35.5. The highest BCUT2D eigenvalue weighted by Crippen LogP contribution is 2.35. The predicted molar refractivity (Wildman–Crippen MR) is 96.3 cm³/mol. The van der Waals surface area contributed by atoms with Gasteiger partial charge in [0.05, 0.1) is 14.2 Å². The van der Waals surface area contributed by atoms with Gasteiger partial charge >= 0.3 is 0 Å². The van der Waals surface area contributed by atoms with Crippen molar-refractivity contribution in [1.82, 2.24) is 9.97 Å².